The second-order valence-corrected chi connectivity index (χ2v) is 5.47. The third-order valence-corrected chi connectivity index (χ3v) is 3.73. The highest BCUT2D eigenvalue weighted by molar-refractivity contribution is 5.94. The molecule has 0 aliphatic rings. The first-order valence-electron chi connectivity index (χ1n) is 7.89. The molecule has 126 valence electrons. The summed E-state index contributed by atoms with van der Waals surface area (Å²) in [6, 6.07) is 15.5. The number of nitrogens with zero attached hydrogens (tertiary/aromatic N) is 2. The minimum Gasteiger partial charge on any atom is -0.272 e. The van der Waals surface area contributed by atoms with Crippen LogP contribution in [-0.4, -0.2) is 22.3 Å². The summed E-state index contributed by atoms with van der Waals surface area (Å²) in [5, 5.41) is 10.7. The van der Waals surface area contributed by atoms with Crippen molar-refractivity contribution in [2.45, 2.75) is 13.3 Å². The van der Waals surface area contributed by atoms with Crippen LogP contribution in [0.3, 0.4) is 0 Å². The minimum atomic E-state index is -0.401. The van der Waals surface area contributed by atoms with E-state index in [0.29, 0.717) is 17.0 Å². The number of aromatic nitrogens is 2. The highest BCUT2D eigenvalue weighted by Crippen LogP contribution is 2.18. The molecule has 0 atom stereocenters. The fourth-order valence-electron chi connectivity index (χ4n) is 2.27. The van der Waals surface area contributed by atoms with E-state index in [2.05, 4.69) is 27.6 Å². The second kappa shape index (κ2) is 7.53. The van der Waals surface area contributed by atoms with Crippen LogP contribution < -0.4 is 5.43 Å². The van der Waals surface area contributed by atoms with Gasteiger partial charge in [-0.05, 0) is 35.7 Å². The van der Waals surface area contributed by atoms with Crippen molar-refractivity contribution in [3.8, 4) is 11.3 Å². The molecule has 0 aliphatic heterocycles. The Hall–Kier alpha value is -3.28. The topological polar surface area (TPSA) is 70.1 Å². The van der Waals surface area contributed by atoms with Crippen LogP contribution in [-0.2, 0) is 6.42 Å². The molecule has 6 heteroatoms. The predicted molar refractivity (Wildman–Crippen MR) is 94.9 cm³/mol. The van der Waals surface area contributed by atoms with Crippen LogP contribution >= 0.6 is 0 Å². The first-order chi connectivity index (χ1) is 12.2. The van der Waals surface area contributed by atoms with Crippen molar-refractivity contribution < 1.29 is 9.18 Å². The standard InChI is InChI=1S/C19H17FN4O/c1-2-13-3-7-15(8-4-13)17-11-18(23-22-17)19(25)24-21-12-14-5-9-16(20)10-6-14/h3-12H,2H2,1H3,(H,22,23)(H,24,25)/b21-12-. The van der Waals surface area contributed by atoms with Gasteiger partial charge in [-0.1, -0.05) is 43.3 Å². The molecule has 1 aromatic heterocycles. The number of halogens is 1. The molecule has 1 heterocycles. The summed E-state index contributed by atoms with van der Waals surface area (Å²) in [4.78, 5) is 12.1. The van der Waals surface area contributed by atoms with Crippen molar-refractivity contribution in [2.75, 3.05) is 0 Å². The lowest BCUT2D eigenvalue weighted by molar-refractivity contribution is 0.0950. The molecule has 5 nitrogen and oxygen atoms in total. The molecule has 0 aliphatic carbocycles. The van der Waals surface area contributed by atoms with Crippen LogP contribution in [0.1, 0.15) is 28.5 Å². The first-order valence-corrected chi connectivity index (χ1v) is 7.89. The zero-order valence-electron chi connectivity index (χ0n) is 13.7. The van der Waals surface area contributed by atoms with Gasteiger partial charge >= 0.3 is 0 Å². The van der Waals surface area contributed by atoms with Gasteiger partial charge in [-0.25, -0.2) is 9.82 Å². The smallest absolute Gasteiger partial charge is 0.272 e. The number of H-pyrrole nitrogens is 1. The third-order valence-electron chi connectivity index (χ3n) is 3.73. The number of nitrogens with one attached hydrogen (secondary N) is 2. The van der Waals surface area contributed by atoms with Crippen LogP contribution in [0.15, 0.2) is 59.7 Å². The number of aryl methyl sites for hydroxylation is 1. The average molecular weight is 336 g/mol. The number of hydrogen-bond acceptors (Lipinski definition) is 3. The second-order valence-electron chi connectivity index (χ2n) is 5.47. The Bertz CT molecular complexity index is 883. The molecule has 3 rings (SSSR count). The molecule has 0 saturated carbocycles. The molecular formula is C19H17FN4O. The van der Waals surface area contributed by atoms with E-state index in [0.717, 1.165) is 12.0 Å². The van der Waals surface area contributed by atoms with Crippen molar-refractivity contribution in [3.05, 3.63) is 77.2 Å². The van der Waals surface area contributed by atoms with E-state index >= 15 is 0 Å². The third kappa shape index (κ3) is 4.17. The molecule has 0 unspecified atom stereocenters. The number of hydrazone groups is 1. The number of hydrogen-bond donors (Lipinski definition) is 2. The summed E-state index contributed by atoms with van der Waals surface area (Å²) in [5.74, 6) is -0.722. The van der Waals surface area contributed by atoms with E-state index in [4.69, 9.17) is 0 Å². The summed E-state index contributed by atoms with van der Waals surface area (Å²) >= 11 is 0. The lowest BCUT2D eigenvalue weighted by Gasteiger charge is -1.98. The minimum absolute atomic E-state index is 0.311. The number of carbonyl (C=O) groups is 1. The maximum atomic E-state index is 12.8. The van der Waals surface area contributed by atoms with Gasteiger partial charge in [0.1, 0.15) is 11.5 Å². The summed E-state index contributed by atoms with van der Waals surface area (Å²) < 4.78 is 12.8. The normalized spacial score (nSPS) is 11.0. The highest BCUT2D eigenvalue weighted by Gasteiger charge is 2.10. The maximum absolute atomic E-state index is 12.8. The van der Waals surface area contributed by atoms with Crippen LogP contribution in [0.5, 0.6) is 0 Å². The van der Waals surface area contributed by atoms with Gasteiger partial charge in [0, 0.05) is 5.56 Å². The highest BCUT2D eigenvalue weighted by atomic mass is 19.1. The molecular weight excluding hydrogens is 319 g/mol. The molecule has 25 heavy (non-hydrogen) atoms. The van der Waals surface area contributed by atoms with E-state index in [1.54, 1.807) is 18.2 Å². The van der Waals surface area contributed by atoms with Gasteiger partial charge in [0.2, 0.25) is 0 Å². The van der Waals surface area contributed by atoms with E-state index in [1.807, 2.05) is 24.3 Å². The summed E-state index contributed by atoms with van der Waals surface area (Å²) in [5.41, 5.74) is 6.27. The number of aromatic amines is 1. The summed E-state index contributed by atoms with van der Waals surface area (Å²) in [7, 11) is 0. The molecule has 2 aromatic carbocycles. The number of benzene rings is 2. The largest absolute Gasteiger partial charge is 0.289 e. The number of carbonyl (C=O) groups excluding carboxylic acids is 1. The molecule has 1 amide bonds. The lowest BCUT2D eigenvalue weighted by atomic mass is 10.1. The first kappa shape index (κ1) is 16.6. The van der Waals surface area contributed by atoms with Gasteiger partial charge in [0.15, 0.2) is 0 Å². The molecule has 0 radical (unpaired) electrons. The molecule has 3 aromatic rings. The van der Waals surface area contributed by atoms with Crippen molar-refractivity contribution in [2.24, 2.45) is 5.10 Å². The fourth-order valence-corrected chi connectivity index (χ4v) is 2.27. The van der Waals surface area contributed by atoms with Crippen LogP contribution in [0, 0.1) is 5.82 Å². The SMILES string of the molecule is CCc1ccc(-c2cc(C(=O)N/N=C\c3ccc(F)cc3)[nH]n2)cc1. The molecule has 0 fully saturated rings. The molecule has 0 spiro atoms. The summed E-state index contributed by atoms with van der Waals surface area (Å²) in [6.45, 7) is 2.10. The van der Waals surface area contributed by atoms with Gasteiger partial charge in [0.25, 0.3) is 5.91 Å². The van der Waals surface area contributed by atoms with Gasteiger partial charge in [0.05, 0.1) is 11.9 Å². The Labute approximate surface area is 144 Å². The Morgan fingerprint density at radius 3 is 2.60 bits per heavy atom. The van der Waals surface area contributed by atoms with Gasteiger partial charge in [-0.2, -0.15) is 10.2 Å². The van der Waals surface area contributed by atoms with E-state index < -0.39 is 5.91 Å². The lowest BCUT2D eigenvalue weighted by Crippen LogP contribution is -2.17. The van der Waals surface area contributed by atoms with Crippen LogP contribution in [0.2, 0.25) is 0 Å². The Kier molecular flexibility index (Phi) is 4.99. The van der Waals surface area contributed by atoms with Crippen molar-refractivity contribution in [1.29, 1.82) is 0 Å². The van der Waals surface area contributed by atoms with E-state index in [9.17, 15) is 9.18 Å². The fraction of sp³-hybridized carbons (Fsp3) is 0.105. The molecule has 0 saturated heterocycles. The summed E-state index contributed by atoms with van der Waals surface area (Å²) in [6.07, 6.45) is 2.42. The number of amides is 1. The van der Waals surface area contributed by atoms with Gasteiger partial charge < -0.3 is 0 Å². The zero-order chi connectivity index (χ0) is 17.6. The molecule has 0 bridgehead atoms. The number of rotatable bonds is 5. The van der Waals surface area contributed by atoms with E-state index in [-0.39, 0.29) is 5.82 Å². The van der Waals surface area contributed by atoms with Gasteiger partial charge in [-0.3, -0.25) is 9.89 Å². The van der Waals surface area contributed by atoms with Gasteiger partial charge in [-0.15, -0.1) is 0 Å². The van der Waals surface area contributed by atoms with E-state index in [1.165, 1.54) is 23.9 Å². The quantitative estimate of drug-likeness (QED) is 0.553. The Morgan fingerprint density at radius 2 is 1.92 bits per heavy atom. The average Bonchev–Trinajstić information content (AvgIpc) is 3.13. The Morgan fingerprint density at radius 1 is 1.20 bits per heavy atom. The molecule has 2 N–H and O–H groups in total. The van der Waals surface area contributed by atoms with Crippen LogP contribution in [0.25, 0.3) is 11.3 Å². The van der Waals surface area contributed by atoms with Crippen LogP contribution in [0.4, 0.5) is 4.39 Å². The van der Waals surface area contributed by atoms with Crippen molar-refractivity contribution in [3.63, 3.8) is 0 Å². The predicted octanol–water partition coefficient (Wildman–Crippen LogP) is 3.54. The van der Waals surface area contributed by atoms with Crippen molar-refractivity contribution >= 4 is 12.1 Å². The van der Waals surface area contributed by atoms with Crippen molar-refractivity contribution in [1.82, 2.24) is 15.6 Å². The monoisotopic (exact) mass is 336 g/mol. The maximum Gasteiger partial charge on any atom is 0.289 e. The zero-order valence-corrected chi connectivity index (χ0v) is 13.7. The Balaban J connectivity index is 1.64.